The van der Waals surface area contributed by atoms with Crippen molar-refractivity contribution in [2.75, 3.05) is 6.54 Å². The summed E-state index contributed by atoms with van der Waals surface area (Å²) in [6.45, 7) is 5.44. The maximum atomic E-state index is 12.4. The zero-order valence-electron chi connectivity index (χ0n) is 14.8. The number of benzene rings is 2. The summed E-state index contributed by atoms with van der Waals surface area (Å²) < 4.78 is 5.41. The lowest BCUT2D eigenvalue weighted by atomic mass is 10.0. The van der Waals surface area contributed by atoms with E-state index in [9.17, 15) is 4.79 Å². The Bertz CT molecular complexity index is 728. The normalized spacial score (nSPS) is 10.5. The van der Waals surface area contributed by atoms with Crippen LogP contribution in [0.15, 0.2) is 65.8 Å². The lowest BCUT2D eigenvalue weighted by Crippen LogP contribution is -2.34. The van der Waals surface area contributed by atoms with E-state index in [4.69, 9.17) is 11.2 Å². The largest absolute Gasteiger partial charge is 0.442 e. The van der Waals surface area contributed by atoms with Gasteiger partial charge in [-0.15, -0.1) is 6.42 Å². The summed E-state index contributed by atoms with van der Waals surface area (Å²) in [6.07, 6.45) is 4.84. The highest BCUT2D eigenvalue weighted by Gasteiger charge is 2.22. The molecule has 0 saturated carbocycles. The zero-order chi connectivity index (χ0) is 18.3. The average Bonchev–Trinajstić information content (AvgIpc) is 2.58. The van der Waals surface area contributed by atoms with Crippen LogP contribution in [0.1, 0.15) is 31.9 Å². The number of rotatable bonds is 4. The molecule has 0 radical (unpaired) electrons. The van der Waals surface area contributed by atoms with E-state index in [1.54, 1.807) is 20.8 Å². The Labute approximate surface area is 149 Å². The Kier molecular flexibility index (Phi) is 5.97. The molecule has 0 N–H and O–H groups in total. The van der Waals surface area contributed by atoms with Crippen molar-refractivity contribution >= 4 is 11.8 Å². The van der Waals surface area contributed by atoms with Gasteiger partial charge in [0.2, 0.25) is 0 Å². The van der Waals surface area contributed by atoms with Crippen molar-refractivity contribution in [1.29, 1.82) is 0 Å². The van der Waals surface area contributed by atoms with E-state index in [2.05, 4.69) is 11.0 Å². The molecule has 4 heteroatoms. The molecule has 0 aliphatic rings. The molecule has 1 amide bonds. The molecule has 25 heavy (non-hydrogen) atoms. The maximum absolute atomic E-state index is 12.4. The fourth-order valence-electron chi connectivity index (χ4n) is 2.14. The fraction of sp³-hybridized carbons (Fsp3) is 0.238. The summed E-state index contributed by atoms with van der Waals surface area (Å²) >= 11 is 0. The van der Waals surface area contributed by atoms with Crippen LogP contribution in [0, 0.1) is 12.3 Å². The quantitative estimate of drug-likeness (QED) is 0.475. The van der Waals surface area contributed by atoms with Crippen molar-refractivity contribution < 1.29 is 9.53 Å². The van der Waals surface area contributed by atoms with E-state index < -0.39 is 11.7 Å². The monoisotopic (exact) mass is 334 g/mol. The third kappa shape index (κ3) is 5.50. The van der Waals surface area contributed by atoms with E-state index in [-0.39, 0.29) is 6.54 Å². The third-order valence-corrected chi connectivity index (χ3v) is 3.16. The van der Waals surface area contributed by atoms with Gasteiger partial charge < -0.3 is 4.74 Å². The SMILES string of the molecule is C#CCN(N=C(c1ccccc1)c1ccccc1)C(=O)OC(C)(C)C. The van der Waals surface area contributed by atoms with Gasteiger partial charge in [0.1, 0.15) is 12.1 Å². The molecular weight excluding hydrogens is 312 g/mol. The van der Waals surface area contributed by atoms with E-state index in [0.29, 0.717) is 5.71 Å². The molecule has 0 aliphatic heterocycles. The number of nitrogens with zero attached hydrogens (tertiary/aromatic N) is 2. The summed E-state index contributed by atoms with van der Waals surface area (Å²) in [7, 11) is 0. The van der Waals surface area contributed by atoms with Gasteiger partial charge >= 0.3 is 6.09 Å². The molecule has 128 valence electrons. The molecule has 0 bridgehead atoms. The first kappa shape index (κ1) is 18.3. The first-order valence-electron chi connectivity index (χ1n) is 8.04. The molecule has 2 aromatic rings. The first-order chi connectivity index (χ1) is 11.9. The number of hydrazone groups is 1. The predicted molar refractivity (Wildman–Crippen MR) is 100 cm³/mol. The smallest absolute Gasteiger partial charge is 0.431 e. The van der Waals surface area contributed by atoms with Gasteiger partial charge in [0.15, 0.2) is 0 Å². The number of ether oxygens (including phenoxy) is 1. The number of terminal acetylenes is 1. The highest BCUT2D eigenvalue weighted by atomic mass is 16.6. The van der Waals surface area contributed by atoms with Gasteiger partial charge in [0, 0.05) is 11.1 Å². The highest BCUT2D eigenvalue weighted by molar-refractivity contribution is 6.13. The Morgan fingerprint density at radius 1 is 1.04 bits per heavy atom. The molecular formula is C21H22N2O2. The molecule has 0 fully saturated rings. The van der Waals surface area contributed by atoms with Crippen molar-refractivity contribution in [3.63, 3.8) is 0 Å². The van der Waals surface area contributed by atoms with Crippen LogP contribution in [0.3, 0.4) is 0 Å². The topological polar surface area (TPSA) is 41.9 Å². The molecule has 2 rings (SSSR count). The van der Waals surface area contributed by atoms with E-state index >= 15 is 0 Å². The number of carbonyl (C=O) groups is 1. The molecule has 0 aliphatic carbocycles. The number of hydrogen-bond acceptors (Lipinski definition) is 3. The standard InChI is InChI=1S/C21H22N2O2/c1-5-16-23(20(24)25-21(2,3)4)22-19(17-12-8-6-9-13-17)18-14-10-7-11-15-18/h1,6-15H,16H2,2-4H3. The molecule has 0 spiro atoms. The number of carbonyl (C=O) groups excluding carboxylic acids is 1. The maximum Gasteiger partial charge on any atom is 0.431 e. The molecule has 2 aromatic carbocycles. The van der Waals surface area contributed by atoms with Gasteiger partial charge in [0.25, 0.3) is 0 Å². The van der Waals surface area contributed by atoms with Crippen molar-refractivity contribution in [2.45, 2.75) is 26.4 Å². The second kappa shape index (κ2) is 8.16. The summed E-state index contributed by atoms with van der Waals surface area (Å²) in [6, 6.07) is 19.3. The van der Waals surface area contributed by atoms with Crippen LogP contribution in [0.5, 0.6) is 0 Å². The second-order valence-electron chi connectivity index (χ2n) is 6.42. The zero-order valence-corrected chi connectivity index (χ0v) is 14.8. The molecule has 0 unspecified atom stereocenters. The summed E-state index contributed by atoms with van der Waals surface area (Å²) in [5.74, 6) is 2.46. The van der Waals surface area contributed by atoms with Gasteiger partial charge in [-0.05, 0) is 20.8 Å². The summed E-state index contributed by atoms with van der Waals surface area (Å²) in [5, 5.41) is 5.70. The minimum atomic E-state index is -0.626. The minimum absolute atomic E-state index is 0.0259. The second-order valence-corrected chi connectivity index (χ2v) is 6.42. The van der Waals surface area contributed by atoms with Crippen LogP contribution in [-0.4, -0.2) is 29.0 Å². The molecule has 0 saturated heterocycles. The van der Waals surface area contributed by atoms with Gasteiger partial charge in [-0.3, -0.25) is 0 Å². The third-order valence-electron chi connectivity index (χ3n) is 3.16. The molecule has 0 heterocycles. The lowest BCUT2D eigenvalue weighted by Gasteiger charge is -2.24. The van der Waals surface area contributed by atoms with Crippen LogP contribution in [0.4, 0.5) is 4.79 Å². The Hall–Kier alpha value is -3.06. The highest BCUT2D eigenvalue weighted by Crippen LogP contribution is 2.15. The van der Waals surface area contributed by atoms with Crippen LogP contribution < -0.4 is 0 Å². The van der Waals surface area contributed by atoms with Crippen molar-refractivity contribution in [2.24, 2.45) is 5.10 Å². The van der Waals surface area contributed by atoms with Gasteiger partial charge in [-0.25, -0.2) is 4.79 Å². The van der Waals surface area contributed by atoms with E-state index in [1.807, 2.05) is 60.7 Å². The summed E-state index contributed by atoms with van der Waals surface area (Å²) in [5.41, 5.74) is 1.81. The predicted octanol–water partition coefficient (Wildman–Crippen LogP) is 4.31. The fourth-order valence-corrected chi connectivity index (χ4v) is 2.14. The van der Waals surface area contributed by atoms with Crippen LogP contribution in [0.25, 0.3) is 0 Å². The van der Waals surface area contributed by atoms with Crippen molar-refractivity contribution in [3.8, 4) is 12.3 Å². The molecule has 0 aromatic heterocycles. The average molecular weight is 334 g/mol. The Morgan fingerprint density at radius 3 is 1.92 bits per heavy atom. The minimum Gasteiger partial charge on any atom is -0.442 e. The first-order valence-corrected chi connectivity index (χ1v) is 8.04. The Morgan fingerprint density at radius 2 is 1.52 bits per heavy atom. The number of hydrogen-bond donors (Lipinski definition) is 0. The van der Waals surface area contributed by atoms with Crippen LogP contribution >= 0.6 is 0 Å². The number of amides is 1. The van der Waals surface area contributed by atoms with Gasteiger partial charge in [-0.2, -0.15) is 10.1 Å². The van der Waals surface area contributed by atoms with Gasteiger partial charge in [-0.1, -0.05) is 66.6 Å². The van der Waals surface area contributed by atoms with E-state index in [0.717, 1.165) is 11.1 Å². The molecule has 4 nitrogen and oxygen atoms in total. The lowest BCUT2D eigenvalue weighted by molar-refractivity contribution is 0.0280. The van der Waals surface area contributed by atoms with Crippen LogP contribution in [0.2, 0.25) is 0 Å². The van der Waals surface area contributed by atoms with Crippen LogP contribution in [-0.2, 0) is 4.74 Å². The van der Waals surface area contributed by atoms with E-state index in [1.165, 1.54) is 5.01 Å². The Balaban J connectivity index is 2.46. The van der Waals surface area contributed by atoms with Crippen molar-refractivity contribution in [1.82, 2.24) is 5.01 Å². The summed E-state index contributed by atoms with van der Waals surface area (Å²) in [4.78, 5) is 12.4. The van der Waals surface area contributed by atoms with Crippen molar-refractivity contribution in [3.05, 3.63) is 71.8 Å². The molecule has 0 atom stereocenters. The van der Waals surface area contributed by atoms with Gasteiger partial charge in [0.05, 0.1) is 5.71 Å².